The van der Waals surface area contributed by atoms with E-state index in [9.17, 15) is 9.90 Å². The van der Waals surface area contributed by atoms with Gasteiger partial charge >= 0.3 is 0 Å². The average molecular weight is 273 g/mol. The summed E-state index contributed by atoms with van der Waals surface area (Å²) in [5, 5.41) is 12.0. The average Bonchev–Trinajstić information content (AvgIpc) is 2.14. The molecule has 0 amide bonds. The van der Waals surface area contributed by atoms with E-state index in [2.05, 4.69) is 0 Å². The van der Waals surface area contributed by atoms with Crippen LogP contribution >= 0.6 is 23.2 Å². The van der Waals surface area contributed by atoms with Crippen LogP contribution in [-0.2, 0) is 4.79 Å². The number of benzene rings is 1. The number of carboxylic acids is 1. The number of nitrogens with zero attached hydrogens (tertiary/aromatic N) is 1. The third kappa shape index (κ3) is 2.41. The van der Waals surface area contributed by atoms with Crippen LogP contribution in [0.5, 0.6) is 0 Å². The minimum atomic E-state index is -1.02. The molecular formula is C12H12Cl2NO2-. The highest BCUT2D eigenvalue weighted by atomic mass is 35.5. The van der Waals surface area contributed by atoms with Gasteiger partial charge in [0.2, 0.25) is 0 Å². The van der Waals surface area contributed by atoms with E-state index in [0.717, 1.165) is 12.1 Å². The third-order valence-electron chi connectivity index (χ3n) is 3.24. The first-order chi connectivity index (χ1) is 8.00. The summed E-state index contributed by atoms with van der Waals surface area (Å²) in [6.45, 7) is 2.68. The standard InChI is InChI=1S/C12H13Cl2NO2/c1-7(15-5-4-11(15)12(16)17)9-3-2-8(13)6-10(9)14/h2-3,6-7,11H,4-5H2,1H3,(H,16,17)/p-1. The molecule has 17 heavy (non-hydrogen) atoms. The van der Waals surface area contributed by atoms with Crippen molar-refractivity contribution in [2.45, 2.75) is 25.4 Å². The van der Waals surface area contributed by atoms with Crippen LogP contribution in [0.4, 0.5) is 0 Å². The summed E-state index contributed by atoms with van der Waals surface area (Å²) in [6.07, 6.45) is 0.637. The molecule has 1 aliphatic rings. The van der Waals surface area contributed by atoms with Gasteiger partial charge < -0.3 is 9.90 Å². The van der Waals surface area contributed by atoms with Crippen LogP contribution < -0.4 is 5.11 Å². The Bertz CT molecular complexity index is 450. The first kappa shape index (κ1) is 12.7. The summed E-state index contributed by atoms with van der Waals surface area (Å²) in [5.41, 5.74) is 0.891. The largest absolute Gasteiger partial charge is 0.548 e. The number of carboxylic acid groups (broad SMARTS) is 1. The number of hydrogen-bond donors (Lipinski definition) is 0. The van der Waals surface area contributed by atoms with Gasteiger partial charge in [-0.1, -0.05) is 29.3 Å². The summed E-state index contributed by atoms with van der Waals surface area (Å²) >= 11 is 11.9. The van der Waals surface area contributed by atoms with Crippen molar-refractivity contribution in [1.29, 1.82) is 0 Å². The first-order valence-electron chi connectivity index (χ1n) is 5.42. The van der Waals surface area contributed by atoms with E-state index in [1.54, 1.807) is 12.1 Å². The lowest BCUT2D eigenvalue weighted by molar-refractivity contribution is -0.316. The molecule has 1 aromatic rings. The SMILES string of the molecule is CC(c1ccc(Cl)cc1Cl)N1CCC1C(=O)[O-]. The maximum atomic E-state index is 10.9. The molecule has 2 atom stereocenters. The van der Waals surface area contributed by atoms with Crippen molar-refractivity contribution in [3.8, 4) is 0 Å². The van der Waals surface area contributed by atoms with Crippen LogP contribution in [0.1, 0.15) is 24.9 Å². The second kappa shape index (κ2) is 4.84. The van der Waals surface area contributed by atoms with Gasteiger partial charge in [0.25, 0.3) is 0 Å². The van der Waals surface area contributed by atoms with Gasteiger partial charge in [-0.05, 0) is 31.0 Å². The lowest BCUT2D eigenvalue weighted by Crippen LogP contribution is -2.57. The Morgan fingerprint density at radius 2 is 2.24 bits per heavy atom. The Morgan fingerprint density at radius 1 is 1.53 bits per heavy atom. The minimum Gasteiger partial charge on any atom is -0.548 e. The van der Waals surface area contributed by atoms with E-state index in [-0.39, 0.29) is 6.04 Å². The molecule has 3 nitrogen and oxygen atoms in total. The minimum absolute atomic E-state index is 0.0450. The zero-order valence-corrected chi connectivity index (χ0v) is 10.8. The normalized spacial score (nSPS) is 21.9. The van der Waals surface area contributed by atoms with Gasteiger partial charge in [0, 0.05) is 22.6 Å². The summed E-state index contributed by atoms with van der Waals surface area (Å²) in [4.78, 5) is 12.7. The van der Waals surface area contributed by atoms with Crippen LogP contribution in [0.3, 0.4) is 0 Å². The Balaban J connectivity index is 2.20. The molecule has 0 aromatic heterocycles. The summed E-state index contributed by atoms with van der Waals surface area (Å²) in [7, 11) is 0. The Hall–Kier alpha value is -0.770. The van der Waals surface area contributed by atoms with E-state index < -0.39 is 12.0 Å². The van der Waals surface area contributed by atoms with Gasteiger partial charge in [0.05, 0.1) is 12.0 Å². The van der Waals surface area contributed by atoms with Crippen LogP contribution in [0.2, 0.25) is 10.0 Å². The second-order valence-electron chi connectivity index (χ2n) is 4.20. The summed E-state index contributed by atoms with van der Waals surface area (Å²) in [5.74, 6) is -1.02. The quantitative estimate of drug-likeness (QED) is 0.844. The van der Waals surface area contributed by atoms with Crippen LogP contribution in [0, 0.1) is 0 Å². The highest BCUT2D eigenvalue weighted by Gasteiger charge is 2.33. The molecule has 1 fully saturated rings. The molecule has 92 valence electrons. The fourth-order valence-corrected chi connectivity index (χ4v) is 2.71. The lowest BCUT2D eigenvalue weighted by Gasteiger charge is -2.45. The van der Waals surface area contributed by atoms with Crippen molar-refractivity contribution in [2.24, 2.45) is 0 Å². The van der Waals surface area contributed by atoms with E-state index in [1.807, 2.05) is 17.9 Å². The first-order valence-corrected chi connectivity index (χ1v) is 6.18. The van der Waals surface area contributed by atoms with Crippen LogP contribution in [-0.4, -0.2) is 23.5 Å². The fourth-order valence-electron chi connectivity index (χ4n) is 2.14. The number of rotatable bonds is 3. The van der Waals surface area contributed by atoms with Gasteiger partial charge in [-0.2, -0.15) is 0 Å². The second-order valence-corrected chi connectivity index (χ2v) is 5.05. The van der Waals surface area contributed by atoms with E-state index in [0.29, 0.717) is 16.5 Å². The molecule has 5 heteroatoms. The third-order valence-corrected chi connectivity index (χ3v) is 3.81. The number of likely N-dealkylation sites (tertiary alicyclic amines) is 1. The molecule has 1 aromatic carbocycles. The zero-order chi connectivity index (χ0) is 12.6. The maximum absolute atomic E-state index is 10.9. The van der Waals surface area contributed by atoms with Gasteiger partial charge in [0.1, 0.15) is 0 Å². The molecule has 0 aliphatic carbocycles. The molecule has 2 rings (SSSR count). The predicted octanol–water partition coefficient (Wildman–Crippen LogP) is 1.88. The summed E-state index contributed by atoms with van der Waals surface area (Å²) in [6, 6.07) is 4.71. The molecule has 0 N–H and O–H groups in total. The zero-order valence-electron chi connectivity index (χ0n) is 9.32. The van der Waals surface area contributed by atoms with Crippen molar-refractivity contribution in [3.05, 3.63) is 33.8 Å². The number of halogens is 2. The lowest BCUT2D eigenvalue weighted by atomic mass is 9.96. The highest BCUT2D eigenvalue weighted by molar-refractivity contribution is 6.35. The van der Waals surface area contributed by atoms with Crippen LogP contribution in [0.15, 0.2) is 18.2 Å². The fraction of sp³-hybridized carbons (Fsp3) is 0.417. The number of carbonyl (C=O) groups is 1. The maximum Gasteiger partial charge on any atom is 0.0587 e. The van der Waals surface area contributed by atoms with Crippen molar-refractivity contribution in [3.63, 3.8) is 0 Å². The van der Waals surface area contributed by atoms with Gasteiger partial charge in [-0.3, -0.25) is 4.90 Å². The molecule has 2 unspecified atom stereocenters. The molecule has 0 bridgehead atoms. The van der Waals surface area contributed by atoms with Crippen LogP contribution in [0.25, 0.3) is 0 Å². The molecule has 1 aliphatic heterocycles. The summed E-state index contributed by atoms with van der Waals surface area (Å²) < 4.78 is 0. The predicted molar refractivity (Wildman–Crippen MR) is 65.0 cm³/mol. The van der Waals surface area contributed by atoms with Gasteiger partial charge in [-0.15, -0.1) is 0 Å². The Kier molecular flexibility index (Phi) is 3.61. The van der Waals surface area contributed by atoms with Crippen molar-refractivity contribution in [1.82, 2.24) is 4.90 Å². The molecule has 0 spiro atoms. The Morgan fingerprint density at radius 3 is 2.71 bits per heavy atom. The van der Waals surface area contributed by atoms with Gasteiger partial charge in [-0.25, -0.2) is 0 Å². The molecule has 0 saturated carbocycles. The molecular weight excluding hydrogens is 261 g/mol. The smallest absolute Gasteiger partial charge is 0.0587 e. The monoisotopic (exact) mass is 272 g/mol. The molecule has 1 heterocycles. The van der Waals surface area contributed by atoms with E-state index in [4.69, 9.17) is 23.2 Å². The number of carbonyl (C=O) groups excluding carboxylic acids is 1. The molecule has 0 radical (unpaired) electrons. The number of aliphatic carboxylic acids is 1. The Labute approximate surface area is 110 Å². The van der Waals surface area contributed by atoms with Crippen molar-refractivity contribution >= 4 is 29.2 Å². The number of hydrogen-bond acceptors (Lipinski definition) is 3. The van der Waals surface area contributed by atoms with Crippen molar-refractivity contribution in [2.75, 3.05) is 6.54 Å². The topological polar surface area (TPSA) is 43.4 Å². The molecule has 1 saturated heterocycles. The highest BCUT2D eigenvalue weighted by Crippen LogP contribution is 2.34. The van der Waals surface area contributed by atoms with E-state index in [1.165, 1.54) is 0 Å². The van der Waals surface area contributed by atoms with Gasteiger partial charge in [0.15, 0.2) is 0 Å². The van der Waals surface area contributed by atoms with E-state index >= 15 is 0 Å². The van der Waals surface area contributed by atoms with Crippen molar-refractivity contribution < 1.29 is 9.90 Å².